The number of thioether (sulfide) groups is 1. The number of aromatic nitrogens is 2. The van der Waals surface area contributed by atoms with Crippen molar-refractivity contribution in [2.45, 2.75) is 31.1 Å². The molecular weight excluding hydrogens is 260 g/mol. The summed E-state index contributed by atoms with van der Waals surface area (Å²) < 4.78 is 9.35. The molecule has 0 amide bonds. The van der Waals surface area contributed by atoms with Gasteiger partial charge in [-0.15, -0.1) is 0 Å². The number of ether oxygens (including phenoxy) is 1. The lowest BCUT2D eigenvalue weighted by atomic mass is 10.3. The summed E-state index contributed by atoms with van der Waals surface area (Å²) in [5, 5.41) is 1.26. The molecule has 4 nitrogen and oxygen atoms in total. The molecule has 1 aliphatic rings. The highest BCUT2D eigenvalue weighted by atomic mass is 32.2. The number of esters is 1. The summed E-state index contributed by atoms with van der Waals surface area (Å²) in [6.45, 7) is 1.75. The number of aryl methyl sites for hydroxylation is 2. The third kappa shape index (κ3) is 2.23. The Bertz CT molecular complexity index is 621. The van der Waals surface area contributed by atoms with Crippen molar-refractivity contribution < 1.29 is 14.1 Å². The second-order valence-corrected chi connectivity index (χ2v) is 5.66. The minimum Gasteiger partial charge on any atom is -0.469 e. The van der Waals surface area contributed by atoms with E-state index in [0.717, 1.165) is 12.3 Å². The first kappa shape index (κ1) is 12.5. The summed E-state index contributed by atoms with van der Waals surface area (Å²) in [6.07, 6.45) is 1.62. The Morgan fingerprint density at radius 3 is 3.16 bits per heavy atom. The largest absolute Gasteiger partial charge is 0.469 e. The number of carbonyl (C=O) groups is 1. The van der Waals surface area contributed by atoms with Gasteiger partial charge in [0.2, 0.25) is 0 Å². The molecule has 0 radical (unpaired) electrons. The van der Waals surface area contributed by atoms with E-state index in [1.807, 2.05) is 17.8 Å². The first-order valence-corrected chi connectivity index (χ1v) is 7.50. The van der Waals surface area contributed by atoms with Gasteiger partial charge in [0.15, 0.2) is 11.0 Å². The molecule has 0 saturated carbocycles. The Kier molecular flexibility index (Phi) is 3.46. The number of imidazole rings is 1. The summed E-state index contributed by atoms with van der Waals surface area (Å²) >= 11 is 1.87. The molecule has 0 aliphatic carbocycles. The van der Waals surface area contributed by atoms with E-state index in [0.29, 0.717) is 13.0 Å². The molecule has 0 N–H and O–H groups in total. The summed E-state index contributed by atoms with van der Waals surface area (Å²) in [5.74, 6) is 0.992. The summed E-state index contributed by atoms with van der Waals surface area (Å²) in [6, 6.07) is 8.39. The van der Waals surface area contributed by atoms with Crippen molar-refractivity contribution in [3.8, 4) is 0 Å². The number of para-hydroxylation sites is 2. The number of carbonyl (C=O) groups excluding carboxylic acids is 1. The molecule has 2 aromatic rings. The quantitative estimate of drug-likeness (QED) is 0.636. The van der Waals surface area contributed by atoms with Crippen molar-refractivity contribution in [3.63, 3.8) is 0 Å². The van der Waals surface area contributed by atoms with Crippen molar-refractivity contribution in [2.75, 3.05) is 12.9 Å². The lowest BCUT2D eigenvalue weighted by molar-refractivity contribution is -0.711. The molecule has 0 bridgehead atoms. The average molecular weight is 277 g/mol. The molecule has 1 aliphatic heterocycles. The van der Waals surface area contributed by atoms with Crippen LogP contribution in [-0.2, 0) is 22.6 Å². The van der Waals surface area contributed by atoms with Crippen molar-refractivity contribution in [3.05, 3.63) is 24.3 Å². The highest BCUT2D eigenvalue weighted by Gasteiger charge is 2.27. The van der Waals surface area contributed by atoms with Gasteiger partial charge in [-0.1, -0.05) is 12.1 Å². The van der Waals surface area contributed by atoms with Gasteiger partial charge < -0.3 is 4.74 Å². The smallest absolute Gasteiger partial charge is 0.319 e. The average Bonchev–Trinajstić information content (AvgIpc) is 2.79. The molecule has 100 valence electrons. The molecule has 0 saturated heterocycles. The van der Waals surface area contributed by atoms with Gasteiger partial charge in [0, 0.05) is 5.75 Å². The Morgan fingerprint density at radius 1 is 1.47 bits per heavy atom. The van der Waals surface area contributed by atoms with Crippen LogP contribution in [0.15, 0.2) is 29.4 Å². The van der Waals surface area contributed by atoms with E-state index in [-0.39, 0.29) is 5.97 Å². The number of nitrogens with zero attached hydrogens (tertiary/aromatic N) is 2. The summed E-state index contributed by atoms with van der Waals surface area (Å²) in [5.41, 5.74) is 2.46. The van der Waals surface area contributed by atoms with E-state index < -0.39 is 0 Å². The van der Waals surface area contributed by atoms with Crippen LogP contribution in [0.3, 0.4) is 0 Å². The first-order chi connectivity index (χ1) is 9.31. The van der Waals surface area contributed by atoms with Gasteiger partial charge >= 0.3 is 11.1 Å². The zero-order valence-corrected chi connectivity index (χ0v) is 11.8. The molecule has 2 heterocycles. The molecule has 0 atom stereocenters. The van der Waals surface area contributed by atoms with Crippen molar-refractivity contribution in [2.24, 2.45) is 0 Å². The standard InChI is InChI=1S/C14H17N2O2S/c1-18-13(17)7-9-16-12-6-3-2-5-11(12)15-8-4-10-19-14(15)16/h2-3,5-6H,4,7-10H2,1H3/q+1. The Hall–Kier alpha value is -1.49. The minimum atomic E-state index is -0.155. The molecule has 1 aromatic carbocycles. The predicted molar refractivity (Wildman–Crippen MR) is 74.1 cm³/mol. The fourth-order valence-corrected chi connectivity index (χ4v) is 3.70. The molecular formula is C14H17N2O2S+. The SMILES string of the molecule is COC(=O)CCn1c2[n+](c3ccccc31)CCCS2. The monoisotopic (exact) mass is 277 g/mol. The first-order valence-electron chi connectivity index (χ1n) is 6.52. The zero-order valence-electron chi connectivity index (χ0n) is 11.0. The fraction of sp³-hybridized carbons (Fsp3) is 0.429. The predicted octanol–water partition coefficient (Wildman–Crippen LogP) is 1.99. The normalized spacial score (nSPS) is 14.4. The lowest BCUT2D eigenvalue weighted by Crippen LogP contribution is -2.38. The van der Waals surface area contributed by atoms with Crippen LogP contribution >= 0.6 is 11.8 Å². The Balaban J connectivity index is 2.04. The number of hydrogen-bond donors (Lipinski definition) is 0. The number of fused-ring (bicyclic) bond motifs is 3. The summed E-state index contributed by atoms with van der Waals surface area (Å²) in [7, 11) is 1.44. The molecule has 1 aromatic heterocycles. The van der Waals surface area contributed by atoms with Gasteiger partial charge in [0.05, 0.1) is 20.1 Å². The second-order valence-electron chi connectivity index (χ2n) is 4.60. The van der Waals surface area contributed by atoms with Gasteiger partial charge in [-0.2, -0.15) is 0 Å². The van der Waals surface area contributed by atoms with Crippen LogP contribution < -0.4 is 4.57 Å². The van der Waals surface area contributed by atoms with Crippen molar-refractivity contribution in [1.29, 1.82) is 0 Å². The third-order valence-corrected chi connectivity index (χ3v) is 4.64. The number of methoxy groups -OCH3 is 1. The van der Waals surface area contributed by atoms with Crippen LogP contribution in [0.1, 0.15) is 12.8 Å². The van der Waals surface area contributed by atoms with Gasteiger partial charge in [-0.25, -0.2) is 9.13 Å². The molecule has 19 heavy (non-hydrogen) atoms. The van der Waals surface area contributed by atoms with Crippen LogP contribution in [0, 0.1) is 0 Å². The highest BCUT2D eigenvalue weighted by Crippen LogP contribution is 2.26. The van der Waals surface area contributed by atoms with Gasteiger partial charge in [-0.05, 0) is 30.3 Å². The van der Waals surface area contributed by atoms with E-state index in [9.17, 15) is 4.79 Å². The maximum Gasteiger partial charge on any atom is 0.319 e. The van der Waals surface area contributed by atoms with Crippen LogP contribution in [0.2, 0.25) is 0 Å². The van der Waals surface area contributed by atoms with Crippen molar-refractivity contribution >= 4 is 28.8 Å². The van der Waals surface area contributed by atoms with E-state index in [1.165, 1.54) is 29.7 Å². The Morgan fingerprint density at radius 2 is 2.32 bits per heavy atom. The molecule has 0 fully saturated rings. The van der Waals surface area contributed by atoms with E-state index in [1.54, 1.807) is 0 Å². The number of hydrogen-bond acceptors (Lipinski definition) is 3. The second kappa shape index (κ2) is 5.25. The molecule has 0 unspecified atom stereocenters. The van der Waals surface area contributed by atoms with E-state index in [2.05, 4.69) is 27.3 Å². The number of benzene rings is 1. The van der Waals surface area contributed by atoms with Crippen LogP contribution in [0.25, 0.3) is 11.0 Å². The maximum atomic E-state index is 11.4. The highest BCUT2D eigenvalue weighted by molar-refractivity contribution is 7.99. The lowest BCUT2D eigenvalue weighted by Gasteiger charge is -2.08. The molecule has 3 rings (SSSR count). The van der Waals surface area contributed by atoms with Gasteiger partial charge in [-0.3, -0.25) is 4.79 Å². The van der Waals surface area contributed by atoms with Crippen LogP contribution in [0.4, 0.5) is 0 Å². The van der Waals surface area contributed by atoms with E-state index in [4.69, 9.17) is 4.74 Å². The van der Waals surface area contributed by atoms with Crippen molar-refractivity contribution in [1.82, 2.24) is 4.57 Å². The zero-order chi connectivity index (χ0) is 13.2. The fourth-order valence-electron chi connectivity index (χ4n) is 2.55. The maximum absolute atomic E-state index is 11.4. The third-order valence-electron chi connectivity index (χ3n) is 3.45. The van der Waals surface area contributed by atoms with Gasteiger partial charge in [0.25, 0.3) is 0 Å². The summed E-state index contributed by atoms with van der Waals surface area (Å²) in [4.78, 5) is 11.4. The van der Waals surface area contributed by atoms with E-state index >= 15 is 0 Å². The van der Waals surface area contributed by atoms with Crippen LogP contribution in [-0.4, -0.2) is 23.4 Å². The molecule has 5 heteroatoms. The van der Waals surface area contributed by atoms with Crippen LogP contribution in [0.5, 0.6) is 0 Å². The Labute approximate surface area is 116 Å². The minimum absolute atomic E-state index is 0.155. The molecule has 0 spiro atoms. The topological polar surface area (TPSA) is 35.1 Å². The number of rotatable bonds is 3. The van der Waals surface area contributed by atoms with Gasteiger partial charge in [0.1, 0.15) is 6.54 Å².